The molecule has 1 N–H and O–H groups in total. The number of rotatable bonds is 7. The number of benzene rings is 2. The molecular formula is C25H21ClFN3O4. The molecule has 0 atom stereocenters. The zero-order valence-corrected chi connectivity index (χ0v) is 19.4. The molecule has 0 aliphatic carbocycles. The number of pyridine rings is 1. The van der Waals surface area contributed by atoms with Gasteiger partial charge in [-0.2, -0.15) is 0 Å². The molecule has 174 valence electrons. The Bertz CT molecular complexity index is 1420. The lowest BCUT2D eigenvalue weighted by atomic mass is 10.1. The van der Waals surface area contributed by atoms with E-state index in [4.69, 9.17) is 21.1 Å². The average molecular weight is 482 g/mol. The van der Waals surface area contributed by atoms with Gasteiger partial charge in [-0.1, -0.05) is 17.7 Å². The Kier molecular flexibility index (Phi) is 6.51. The van der Waals surface area contributed by atoms with Crippen molar-refractivity contribution in [3.05, 3.63) is 82.4 Å². The topological polar surface area (TPSA) is 82.5 Å². The Balaban J connectivity index is 1.77. The van der Waals surface area contributed by atoms with E-state index in [2.05, 4.69) is 10.3 Å². The molecule has 4 rings (SSSR count). The van der Waals surface area contributed by atoms with E-state index >= 15 is 0 Å². The second-order valence-electron chi connectivity index (χ2n) is 7.54. The number of Topliss-reactive ketones (excluding diaryl/α,β-unsaturated/α-hetero) is 1. The Morgan fingerprint density at radius 2 is 1.88 bits per heavy atom. The predicted octanol–water partition coefficient (Wildman–Crippen LogP) is 5.02. The molecule has 0 bridgehead atoms. The maximum absolute atomic E-state index is 13.5. The van der Waals surface area contributed by atoms with Crippen LogP contribution < -0.4 is 14.8 Å². The van der Waals surface area contributed by atoms with Crippen LogP contribution in [-0.2, 0) is 11.3 Å². The summed E-state index contributed by atoms with van der Waals surface area (Å²) in [5, 5.41) is 3.43. The molecule has 0 spiro atoms. The van der Waals surface area contributed by atoms with Gasteiger partial charge in [-0.25, -0.2) is 9.37 Å². The number of hydrogen-bond acceptors (Lipinski definition) is 5. The zero-order chi connectivity index (χ0) is 24.4. The summed E-state index contributed by atoms with van der Waals surface area (Å²) < 4.78 is 25.8. The van der Waals surface area contributed by atoms with Crippen molar-refractivity contribution in [2.75, 3.05) is 19.5 Å². The first-order valence-electron chi connectivity index (χ1n) is 10.3. The van der Waals surface area contributed by atoms with Gasteiger partial charge in [0.05, 0.1) is 19.8 Å². The summed E-state index contributed by atoms with van der Waals surface area (Å²) in [4.78, 5) is 30.2. The summed E-state index contributed by atoms with van der Waals surface area (Å²) >= 11 is 6.25. The SMILES string of the molecule is COc1ccc2c(c1)c(C(=O)C(=O)Nc1ccnc(OC)c1)c(C)n2Cc1ccc(F)cc1Cl. The highest BCUT2D eigenvalue weighted by atomic mass is 35.5. The van der Waals surface area contributed by atoms with Gasteiger partial charge in [0.25, 0.3) is 11.7 Å². The number of nitrogens with zero attached hydrogens (tertiary/aromatic N) is 2. The summed E-state index contributed by atoms with van der Waals surface area (Å²) in [6, 6.07) is 12.5. The van der Waals surface area contributed by atoms with E-state index in [1.165, 1.54) is 38.6 Å². The van der Waals surface area contributed by atoms with Gasteiger partial charge >= 0.3 is 0 Å². The highest BCUT2D eigenvalue weighted by Crippen LogP contribution is 2.32. The molecule has 7 nitrogen and oxygen atoms in total. The van der Waals surface area contributed by atoms with Gasteiger partial charge < -0.3 is 19.4 Å². The largest absolute Gasteiger partial charge is 0.497 e. The standard InChI is InChI=1S/C25H21ClFN3O4/c1-14-23(24(31)25(32)29-17-8-9-28-22(11-17)34-3)19-12-18(33-2)6-7-21(19)30(14)13-15-4-5-16(27)10-20(15)26/h4-12H,13H2,1-3H3,(H,28,29,32). The second kappa shape index (κ2) is 9.52. The van der Waals surface area contributed by atoms with Crippen LogP contribution in [0.4, 0.5) is 10.1 Å². The van der Waals surface area contributed by atoms with Crippen LogP contribution in [0.2, 0.25) is 5.02 Å². The van der Waals surface area contributed by atoms with Crippen molar-refractivity contribution in [1.82, 2.24) is 9.55 Å². The molecule has 0 aliphatic rings. The average Bonchev–Trinajstić information content (AvgIpc) is 3.10. The Morgan fingerprint density at radius 3 is 2.59 bits per heavy atom. The van der Waals surface area contributed by atoms with E-state index in [1.54, 1.807) is 37.3 Å². The van der Waals surface area contributed by atoms with Crippen LogP contribution in [-0.4, -0.2) is 35.5 Å². The van der Waals surface area contributed by atoms with E-state index in [0.29, 0.717) is 39.5 Å². The highest BCUT2D eigenvalue weighted by molar-refractivity contribution is 6.48. The van der Waals surface area contributed by atoms with Gasteiger partial charge in [-0.15, -0.1) is 0 Å². The van der Waals surface area contributed by atoms with Crippen LogP contribution in [0, 0.1) is 12.7 Å². The van der Waals surface area contributed by atoms with E-state index in [1.807, 2.05) is 4.57 Å². The first-order chi connectivity index (χ1) is 16.3. The van der Waals surface area contributed by atoms with Gasteiger partial charge in [0.2, 0.25) is 5.88 Å². The van der Waals surface area contributed by atoms with Gasteiger partial charge in [-0.05, 0) is 48.9 Å². The van der Waals surface area contributed by atoms with Crippen molar-refractivity contribution >= 4 is 39.9 Å². The molecule has 0 unspecified atom stereocenters. The minimum absolute atomic E-state index is 0.241. The number of ketones is 1. The van der Waals surface area contributed by atoms with Crippen molar-refractivity contribution in [3.63, 3.8) is 0 Å². The fourth-order valence-electron chi connectivity index (χ4n) is 3.80. The number of fused-ring (bicyclic) bond motifs is 1. The minimum atomic E-state index is -0.807. The molecule has 34 heavy (non-hydrogen) atoms. The molecule has 2 heterocycles. The van der Waals surface area contributed by atoms with E-state index in [-0.39, 0.29) is 17.1 Å². The number of carbonyl (C=O) groups is 2. The fourth-order valence-corrected chi connectivity index (χ4v) is 4.03. The normalized spacial score (nSPS) is 10.9. The van der Waals surface area contributed by atoms with Gasteiger partial charge in [-0.3, -0.25) is 9.59 Å². The molecule has 0 aliphatic heterocycles. The Morgan fingerprint density at radius 1 is 1.09 bits per heavy atom. The third kappa shape index (κ3) is 4.45. The summed E-state index contributed by atoms with van der Waals surface area (Å²) in [6.07, 6.45) is 1.47. The fraction of sp³-hybridized carbons (Fsp3) is 0.160. The van der Waals surface area contributed by atoms with Gasteiger partial charge in [0, 0.05) is 46.1 Å². The molecule has 0 fully saturated rings. The van der Waals surface area contributed by atoms with Crippen molar-refractivity contribution in [2.45, 2.75) is 13.5 Å². The number of carbonyl (C=O) groups excluding carboxylic acids is 2. The van der Waals surface area contributed by atoms with E-state index in [0.717, 1.165) is 0 Å². The zero-order valence-electron chi connectivity index (χ0n) is 18.7. The molecule has 9 heteroatoms. The van der Waals surface area contributed by atoms with E-state index < -0.39 is 17.5 Å². The lowest BCUT2D eigenvalue weighted by molar-refractivity contribution is -0.112. The third-order valence-electron chi connectivity index (χ3n) is 5.51. The van der Waals surface area contributed by atoms with Crippen LogP contribution in [0.25, 0.3) is 10.9 Å². The Labute approximate surface area is 200 Å². The van der Waals surface area contributed by atoms with Crippen LogP contribution in [0.3, 0.4) is 0 Å². The summed E-state index contributed by atoms with van der Waals surface area (Å²) in [7, 11) is 2.98. The lowest BCUT2D eigenvalue weighted by Crippen LogP contribution is -2.23. The van der Waals surface area contributed by atoms with Crippen molar-refractivity contribution in [3.8, 4) is 11.6 Å². The molecule has 0 saturated carbocycles. The maximum Gasteiger partial charge on any atom is 0.296 e. The molecule has 4 aromatic rings. The number of nitrogens with one attached hydrogen (secondary N) is 1. The van der Waals surface area contributed by atoms with Crippen LogP contribution in [0.15, 0.2) is 54.7 Å². The van der Waals surface area contributed by atoms with E-state index in [9.17, 15) is 14.0 Å². The molecule has 0 saturated heterocycles. The Hall–Kier alpha value is -3.91. The molecule has 0 radical (unpaired) electrons. The van der Waals surface area contributed by atoms with Gasteiger partial charge in [0.15, 0.2) is 0 Å². The van der Waals surface area contributed by atoms with Crippen molar-refractivity contribution in [1.29, 1.82) is 0 Å². The monoisotopic (exact) mass is 481 g/mol. The number of aromatic nitrogens is 2. The smallest absolute Gasteiger partial charge is 0.296 e. The number of methoxy groups -OCH3 is 2. The number of halogens is 2. The summed E-state index contributed by atoms with van der Waals surface area (Å²) in [5.41, 5.74) is 2.57. The van der Waals surface area contributed by atoms with Crippen LogP contribution in [0.5, 0.6) is 11.6 Å². The lowest BCUT2D eigenvalue weighted by Gasteiger charge is -2.11. The summed E-state index contributed by atoms with van der Waals surface area (Å²) in [5.74, 6) is -1.11. The quantitative estimate of drug-likeness (QED) is 0.296. The van der Waals surface area contributed by atoms with Crippen molar-refractivity contribution < 1.29 is 23.5 Å². The first-order valence-corrected chi connectivity index (χ1v) is 10.7. The maximum atomic E-state index is 13.5. The predicted molar refractivity (Wildman–Crippen MR) is 127 cm³/mol. The molecule has 2 aromatic heterocycles. The molecule has 2 aromatic carbocycles. The number of anilines is 1. The summed E-state index contributed by atoms with van der Waals surface area (Å²) in [6.45, 7) is 2.03. The molecule has 1 amide bonds. The molecular weight excluding hydrogens is 461 g/mol. The van der Waals surface area contributed by atoms with Crippen LogP contribution >= 0.6 is 11.6 Å². The first kappa shape index (κ1) is 23.3. The number of amides is 1. The van der Waals surface area contributed by atoms with Gasteiger partial charge in [0.1, 0.15) is 11.6 Å². The third-order valence-corrected chi connectivity index (χ3v) is 5.86. The number of hydrogen-bond donors (Lipinski definition) is 1. The minimum Gasteiger partial charge on any atom is -0.497 e. The number of ether oxygens (including phenoxy) is 2. The second-order valence-corrected chi connectivity index (χ2v) is 7.94. The van der Waals surface area contributed by atoms with Crippen LogP contribution in [0.1, 0.15) is 21.6 Å². The highest BCUT2D eigenvalue weighted by Gasteiger charge is 2.26. The van der Waals surface area contributed by atoms with Crippen molar-refractivity contribution in [2.24, 2.45) is 0 Å².